The zero-order chi connectivity index (χ0) is 15.4. The molecule has 1 aromatic carbocycles. The number of ether oxygens (including phenoxy) is 3. The maximum Gasteiger partial charge on any atom is 0.203 e. The largest absolute Gasteiger partial charge is 0.493 e. The van der Waals surface area contributed by atoms with Gasteiger partial charge in [0.2, 0.25) is 5.75 Å². The van der Waals surface area contributed by atoms with Crippen LogP contribution in [0.2, 0.25) is 5.02 Å². The molecule has 0 aliphatic rings. The summed E-state index contributed by atoms with van der Waals surface area (Å²) in [7, 11) is 4.61. The fourth-order valence-corrected chi connectivity index (χ4v) is 1.91. The van der Waals surface area contributed by atoms with Crippen LogP contribution in [0.25, 0.3) is 0 Å². The van der Waals surface area contributed by atoms with Gasteiger partial charge in [0.1, 0.15) is 17.2 Å². The highest BCUT2D eigenvalue weighted by atomic mass is 35.5. The Balaban J connectivity index is 2.43. The lowest BCUT2D eigenvalue weighted by Gasteiger charge is -2.15. The number of nitrogens with zero attached hydrogens (tertiary/aromatic N) is 2. The molecule has 7 nitrogen and oxygen atoms in total. The minimum Gasteiger partial charge on any atom is -0.493 e. The average Bonchev–Trinajstić information content (AvgIpc) is 2.50. The van der Waals surface area contributed by atoms with Crippen LogP contribution in [0.1, 0.15) is 0 Å². The van der Waals surface area contributed by atoms with Gasteiger partial charge in [-0.2, -0.15) is 0 Å². The van der Waals surface area contributed by atoms with Gasteiger partial charge in [-0.1, -0.05) is 11.6 Å². The Hall–Kier alpha value is -2.41. The predicted molar refractivity (Wildman–Crippen MR) is 80.8 cm³/mol. The number of anilines is 3. The second-order valence-electron chi connectivity index (χ2n) is 3.96. The Bertz CT molecular complexity index is 626. The second-order valence-corrected chi connectivity index (χ2v) is 4.34. The van der Waals surface area contributed by atoms with Gasteiger partial charge in [0.25, 0.3) is 0 Å². The lowest BCUT2D eigenvalue weighted by atomic mass is 10.2. The molecular formula is C13H15ClN4O3. The van der Waals surface area contributed by atoms with E-state index in [0.717, 1.165) is 0 Å². The first kappa shape index (κ1) is 15.0. The number of halogens is 1. The molecule has 0 spiro atoms. The van der Waals surface area contributed by atoms with Gasteiger partial charge >= 0.3 is 0 Å². The molecule has 0 radical (unpaired) electrons. The number of nitrogens with two attached hydrogens (primary N) is 1. The molecule has 0 bridgehead atoms. The summed E-state index contributed by atoms with van der Waals surface area (Å²) in [6, 6.07) is 3.46. The van der Waals surface area contributed by atoms with E-state index in [1.807, 2.05) is 0 Å². The van der Waals surface area contributed by atoms with Crippen molar-refractivity contribution in [2.75, 3.05) is 32.4 Å². The van der Waals surface area contributed by atoms with Crippen molar-refractivity contribution in [3.8, 4) is 17.2 Å². The van der Waals surface area contributed by atoms with Crippen LogP contribution in [0, 0.1) is 0 Å². The molecule has 0 amide bonds. The van der Waals surface area contributed by atoms with Gasteiger partial charge in [0.15, 0.2) is 17.3 Å². The molecule has 21 heavy (non-hydrogen) atoms. The molecule has 2 rings (SSSR count). The molecule has 0 aliphatic carbocycles. The SMILES string of the molecule is COc1cc(Nc2ncnc(N)c2Cl)cc(OC)c1OC. The van der Waals surface area contributed by atoms with Crippen molar-refractivity contribution in [3.05, 3.63) is 23.5 Å². The molecule has 0 atom stereocenters. The smallest absolute Gasteiger partial charge is 0.203 e. The van der Waals surface area contributed by atoms with Crippen molar-refractivity contribution >= 4 is 28.9 Å². The van der Waals surface area contributed by atoms with Gasteiger partial charge in [0.05, 0.1) is 21.3 Å². The molecular weight excluding hydrogens is 296 g/mol. The number of hydrogen-bond donors (Lipinski definition) is 2. The Labute approximate surface area is 127 Å². The molecule has 8 heteroatoms. The third-order valence-electron chi connectivity index (χ3n) is 2.74. The average molecular weight is 311 g/mol. The summed E-state index contributed by atoms with van der Waals surface area (Å²) in [6.07, 6.45) is 1.32. The monoisotopic (exact) mass is 310 g/mol. The van der Waals surface area contributed by atoms with Crippen molar-refractivity contribution < 1.29 is 14.2 Å². The van der Waals surface area contributed by atoms with Gasteiger partial charge in [-0.25, -0.2) is 9.97 Å². The zero-order valence-corrected chi connectivity index (χ0v) is 12.6. The van der Waals surface area contributed by atoms with E-state index in [9.17, 15) is 0 Å². The summed E-state index contributed by atoms with van der Waals surface area (Å²) in [4.78, 5) is 7.84. The molecule has 1 aromatic heterocycles. The van der Waals surface area contributed by atoms with Crippen molar-refractivity contribution in [1.29, 1.82) is 0 Å². The summed E-state index contributed by atoms with van der Waals surface area (Å²) in [6.45, 7) is 0. The van der Waals surface area contributed by atoms with Crippen LogP contribution in [0.4, 0.5) is 17.3 Å². The first-order valence-electron chi connectivity index (χ1n) is 5.93. The van der Waals surface area contributed by atoms with Crippen molar-refractivity contribution in [3.63, 3.8) is 0 Å². The third kappa shape index (κ3) is 3.03. The highest BCUT2D eigenvalue weighted by Crippen LogP contribution is 2.41. The minimum atomic E-state index is 0.196. The van der Waals surface area contributed by atoms with E-state index in [1.165, 1.54) is 27.7 Å². The molecule has 2 aromatic rings. The molecule has 0 unspecified atom stereocenters. The van der Waals surface area contributed by atoms with Gasteiger partial charge in [-0.15, -0.1) is 0 Å². The first-order chi connectivity index (χ1) is 10.1. The maximum absolute atomic E-state index is 6.05. The lowest BCUT2D eigenvalue weighted by molar-refractivity contribution is 0.324. The van der Waals surface area contributed by atoms with E-state index in [-0.39, 0.29) is 10.8 Å². The highest BCUT2D eigenvalue weighted by molar-refractivity contribution is 6.35. The summed E-state index contributed by atoms with van der Waals surface area (Å²) in [5.41, 5.74) is 6.30. The number of benzene rings is 1. The minimum absolute atomic E-state index is 0.196. The van der Waals surface area contributed by atoms with Crippen LogP contribution in [0.15, 0.2) is 18.5 Å². The Morgan fingerprint density at radius 1 is 1.05 bits per heavy atom. The molecule has 0 saturated heterocycles. The fraction of sp³-hybridized carbons (Fsp3) is 0.231. The summed E-state index contributed by atoms with van der Waals surface area (Å²) >= 11 is 6.05. The molecule has 112 valence electrons. The highest BCUT2D eigenvalue weighted by Gasteiger charge is 2.14. The molecule has 1 heterocycles. The van der Waals surface area contributed by atoms with E-state index in [4.69, 9.17) is 31.5 Å². The van der Waals surface area contributed by atoms with Crippen LogP contribution in [-0.4, -0.2) is 31.3 Å². The Morgan fingerprint density at radius 3 is 2.19 bits per heavy atom. The van der Waals surface area contributed by atoms with E-state index in [0.29, 0.717) is 28.8 Å². The van der Waals surface area contributed by atoms with E-state index in [1.54, 1.807) is 12.1 Å². The fourth-order valence-electron chi connectivity index (χ4n) is 1.76. The zero-order valence-electron chi connectivity index (χ0n) is 11.8. The van der Waals surface area contributed by atoms with Crippen LogP contribution in [-0.2, 0) is 0 Å². The molecule has 3 N–H and O–H groups in total. The molecule has 0 aliphatic heterocycles. The second kappa shape index (κ2) is 6.36. The predicted octanol–water partition coefficient (Wildman–Crippen LogP) is 2.48. The molecule has 0 saturated carbocycles. The van der Waals surface area contributed by atoms with E-state index < -0.39 is 0 Å². The normalized spacial score (nSPS) is 10.1. The van der Waals surface area contributed by atoms with Crippen LogP contribution >= 0.6 is 11.6 Å². The summed E-state index contributed by atoms with van der Waals surface area (Å²) in [5.74, 6) is 2.11. The Kier molecular flexibility index (Phi) is 4.54. The van der Waals surface area contributed by atoms with Crippen molar-refractivity contribution in [2.45, 2.75) is 0 Å². The summed E-state index contributed by atoms with van der Waals surface area (Å²) in [5, 5.41) is 3.28. The van der Waals surface area contributed by atoms with Gasteiger partial charge < -0.3 is 25.3 Å². The number of aromatic nitrogens is 2. The van der Waals surface area contributed by atoms with Gasteiger partial charge in [-0.3, -0.25) is 0 Å². The molecule has 0 fully saturated rings. The third-order valence-corrected chi connectivity index (χ3v) is 3.12. The standard InChI is InChI=1S/C13H15ClN4O3/c1-19-8-4-7(5-9(20-2)11(8)21-3)18-13-10(14)12(15)16-6-17-13/h4-6H,1-3H3,(H3,15,16,17,18). The Morgan fingerprint density at radius 2 is 1.67 bits per heavy atom. The van der Waals surface area contributed by atoms with Gasteiger partial charge in [-0.05, 0) is 0 Å². The first-order valence-corrected chi connectivity index (χ1v) is 6.31. The number of nitrogen functional groups attached to an aromatic ring is 1. The summed E-state index contributed by atoms with van der Waals surface area (Å²) < 4.78 is 15.8. The number of rotatable bonds is 5. The van der Waals surface area contributed by atoms with Crippen molar-refractivity contribution in [2.24, 2.45) is 0 Å². The van der Waals surface area contributed by atoms with Crippen LogP contribution in [0.3, 0.4) is 0 Å². The lowest BCUT2D eigenvalue weighted by Crippen LogP contribution is -2.01. The number of methoxy groups -OCH3 is 3. The topological polar surface area (TPSA) is 91.5 Å². The maximum atomic E-state index is 6.05. The number of nitrogens with one attached hydrogen (secondary N) is 1. The van der Waals surface area contributed by atoms with E-state index in [2.05, 4.69) is 15.3 Å². The van der Waals surface area contributed by atoms with Crippen LogP contribution < -0.4 is 25.3 Å². The van der Waals surface area contributed by atoms with Crippen LogP contribution in [0.5, 0.6) is 17.2 Å². The quantitative estimate of drug-likeness (QED) is 0.876. The van der Waals surface area contributed by atoms with E-state index >= 15 is 0 Å². The van der Waals surface area contributed by atoms with Crippen molar-refractivity contribution in [1.82, 2.24) is 9.97 Å². The number of hydrogen-bond acceptors (Lipinski definition) is 7. The van der Waals surface area contributed by atoms with Gasteiger partial charge in [0, 0.05) is 17.8 Å².